The summed E-state index contributed by atoms with van der Waals surface area (Å²) >= 11 is 0. The number of ketones is 1. The van der Waals surface area contributed by atoms with Crippen molar-refractivity contribution in [1.29, 1.82) is 0 Å². The first-order valence-corrected chi connectivity index (χ1v) is 6.62. The van der Waals surface area contributed by atoms with Gasteiger partial charge in [-0.25, -0.2) is 0 Å². The van der Waals surface area contributed by atoms with Crippen LogP contribution < -0.4 is 0 Å². The third-order valence-corrected chi connectivity index (χ3v) is 3.07. The molecule has 3 N–H and O–H groups in total. The summed E-state index contributed by atoms with van der Waals surface area (Å²) in [6, 6.07) is 3.16. The van der Waals surface area contributed by atoms with E-state index < -0.39 is 30.9 Å². The molecule has 1 saturated heterocycles. The minimum atomic E-state index is -1.24. The number of rotatable bonds is 6. The molecule has 2 rings (SSSR count). The molecule has 0 amide bonds. The lowest BCUT2D eigenvalue weighted by Gasteiger charge is -2.16. The lowest BCUT2D eigenvalue weighted by molar-refractivity contribution is -0.166. The van der Waals surface area contributed by atoms with Crippen LogP contribution in [0, 0.1) is 0 Å². The Bertz CT molecular complexity index is 519. The lowest BCUT2D eigenvalue weighted by Crippen LogP contribution is -2.31. The van der Waals surface area contributed by atoms with Crippen molar-refractivity contribution in [3.05, 3.63) is 29.2 Å². The van der Waals surface area contributed by atoms with Gasteiger partial charge in [0, 0.05) is 12.2 Å². The van der Waals surface area contributed by atoms with E-state index in [-0.39, 0.29) is 18.8 Å². The van der Waals surface area contributed by atoms with E-state index in [1.165, 1.54) is 6.08 Å². The fourth-order valence-corrected chi connectivity index (χ4v) is 2.07. The third kappa shape index (κ3) is 3.39. The number of carbonyl (C=O) groups excluding carboxylic acids is 1. The Morgan fingerprint density at radius 3 is 2.76 bits per heavy atom. The number of furan rings is 1. The number of ether oxygens (including phenoxy) is 2. The SMILES string of the molecule is CCOC1OC(C(O)CO)C(=Cc2ccc(CO)o2)C1=O. The number of carbonyl (C=O) groups is 1. The zero-order valence-electron chi connectivity index (χ0n) is 11.6. The maximum atomic E-state index is 12.2. The van der Waals surface area contributed by atoms with Crippen LogP contribution in [0.25, 0.3) is 6.08 Å². The fraction of sp³-hybridized carbons (Fsp3) is 0.500. The van der Waals surface area contributed by atoms with Crippen LogP contribution in [0.3, 0.4) is 0 Å². The summed E-state index contributed by atoms with van der Waals surface area (Å²) in [6.45, 7) is 1.20. The maximum absolute atomic E-state index is 12.2. The zero-order chi connectivity index (χ0) is 15.4. The van der Waals surface area contributed by atoms with Gasteiger partial charge in [0.15, 0.2) is 0 Å². The average molecular weight is 298 g/mol. The van der Waals surface area contributed by atoms with Gasteiger partial charge in [-0.3, -0.25) is 4.79 Å². The molecule has 3 unspecified atom stereocenters. The standard InChI is InChI=1S/C14H18O7/c1-2-19-14-12(18)10(13(21-14)11(17)7-16)5-8-3-4-9(6-15)20-8/h3-5,11,13-17H,2,6-7H2,1H3. The van der Waals surface area contributed by atoms with Crippen LogP contribution in [0.15, 0.2) is 22.1 Å². The Morgan fingerprint density at radius 1 is 1.43 bits per heavy atom. The molecule has 1 aliphatic heterocycles. The molecule has 21 heavy (non-hydrogen) atoms. The van der Waals surface area contributed by atoms with Gasteiger partial charge < -0.3 is 29.2 Å². The summed E-state index contributed by atoms with van der Waals surface area (Å²) in [5, 5.41) is 27.8. The largest absolute Gasteiger partial charge is 0.459 e. The molecule has 7 heteroatoms. The molecular weight excluding hydrogens is 280 g/mol. The number of aliphatic hydroxyl groups excluding tert-OH is 3. The molecule has 1 aliphatic rings. The molecule has 0 aromatic carbocycles. The van der Waals surface area contributed by atoms with Gasteiger partial charge in [-0.05, 0) is 25.1 Å². The molecule has 3 atom stereocenters. The highest BCUT2D eigenvalue weighted by Crippen LogP contribution is 2.28. The summed E-state index contributed by atoms with van der Waals surface area (Å²) in [7, 11) is 0. The zero-order valence-corrected chi connectivity index (χ0v) is 11.6. The van der Waals surface area contributed by atoms with Gasteiger partial charge in [0.2, 0.25) is 12.1 Å². The first kappa shape index (κ1) is 15.9. The quantitative estimate of drug-likeness (QED) is 0.626. The van der Waals surface area contributed by atoms with Crippen molar-refractivity contribution in [3.8, 4) is 0 Å². The summed E-state index contributed by atoms with van der Waals surface area (Å²) in [4.78, 5) is 12.2. The Labute approximate surface area is 121 Å². The number of hydrogen-bond acceptors (Lipinski definition) is 7. The van der Waals surface area contributed by atoms with Gasteiger partial charge in [-0.1, -0.05) is 0 Å². The van der Waals surface area contributed by atoms with E-state index in [1.54, 1.807) is 19.1 Å². The minimum absolute atomic E-state index is 0.161. The van der Waals surface area contributed by atoms with Gasteiger partial charge in [0.25, 0.3) is 0 Å². The maximum Gasteiger partial charge on any atom is 0.223 e. The second-order valence-corrected chi connectivity index (χ2v) is 4.52. The van der Waals surface area contributed by atoms with Crippen molar-refractivity contribution >= 4 is 11.9 Å². The van der Waals surface area contributed by atoms with Gasteiger partial charge in [-0.2, -0.15) is 0 Å². The summed E-state index contributed by atoms with van der Waals surface area (Å²) < 4.78 is 15.8. The lowest BCUT2D eigenvalue weighted by atomic mass is 10.0. The number of aliphatic hydroxyl groups is 3. The second-order valence-electron chi connectivity index (χ2n) is 4.52. The normalized spacial score (nSPS) is 25.7. The van der Waals surface area contributed by atoms with Crippen molar-refractivity contribution in [1.82, 2.24) is 0 Å². The Balaban J connectivity index is 2.29. The predicted octanol–water partition coefficient (Wildman–Crippen LogP) is -0.161. The Morgan fingerprint density at radius 2 is 2.19 bits per heavy atom. The second kappa shape index (κ2) is 6.97. The van der Waals surface area contributed by atoms with E-state index in [0.717, 1.165) is 0 Å². The van der Waals surface area contributed by atoms with Gasteiger partial charge >= 0.3 is 0 Å². The van der Waals surface area contributed by atoms with Crippen LogP contribution in [0.1, 0.15) is 18.4 Å². The molecule has 0 aliphatic carbocycles. The highest BCUT2D eigenvalue weighted by atomic mass is 16.7. The summed E-state index contributed by atoms with van der Waals surface area (Å²) in [5.74, 6) is 0.281. The minimum Gasteiger partial charge on any atom is -0.459 e. The van der Waals surface area contributed by atoms with Gasteiger partial charge in [0.05, 0.1) is 6.61 Å². The average Bonchev–Trinajstić information content (AvgIpc) is 3.06. The number of hydrogen-bond donors (Lipinski definition) is 3. The molecular formula is C14H18O7. The van der Waals surface area contributed by atoms with E-state index in [0.29, 0.717) is 11.5 Å². The molecule has 0 bridgehead atoms. The monoisotopic (exact) mass is 298 g/mol. The van der Waals surface area contributed by atoms with Crippen LogP contribution in [0.5, 0.6) is 0 Å². The molecule has 116 valence electrons. The van der Waals surface area contributed by atoms with E-state index in [9.17, 15) is 9.90 Å². The molecule has 7 nitrogen and oxygen atoms in total. The van der Waals surface area contributed by atoms with Crippen LogP contribution in [-0.4, -0.2) is 52.8 Å². The summed E-state index contributed by atoms with van der Waals surface area (Å²) in [5.41, 5.74) is 0.161. The summed E-state index contributed by atoms with van der Waals surface area (Å²) in [6.07, 6.45) is -1.90. The van der Waals surface area contributed by atoms with Gasteiger partial charge in [0.1, 0.15) is 30.3 Å². The Kier molecular flexibility index (Phi) is 5.27. The first-order chi connectivity index (χ1) is 10.1. The molecule has 0 spiro atoms. The van der Waals surface area contributed by atoms with Crippen LogP contribution >= 0.6 is 0 Å². The predicted molar refractivity (Wildman–Crippen MR) is 71.0 cm³/mol. The van der Waals surface area contributed by atoms with E-state index in [2.05, 4.69) is 0 Å². The van der Waals surface area contributed by atoms with Crippen LogP contribution in [0.2, 0.25) is 0 Å². The van der Waals surface area contributed by atoms with Crippen molar-refractivity contribution in [2.45, 2.75) is 32.0 Å². The third-order valence-electron chi connectivity index (χ3n) is 3.07. The molecule has 1 aromatic rings. The van der Waals surface area contributed by atoms with E-state index >= 15 is 0 Å². The molecule has 1 aromatic heterocycles. The van der Waals surface area contributed by atoms with Crippen molar-refractivity contribution in [2.24, 2.45) is 0 Å². The molecule has 2 heterocycles. The highest BCUT2D eigenvalue weighted by molar-refractivity contribution is 6.04. The molecule has 1 fully saturated rings. The van der Waals surface area contributed by atoms with Crippen LogP contribution in [-0.2, 0) is 20.9 Å². The topological polar surface area (TPSA) is 109 Å². The van der Waals surface area contributed by atoms with E-state index in [4.69, 9.17) is 24.1 Å². The highest BCUT2D eigenvalue weighted by Gasteiger charge is 2.42. The first-order valence-electron chi connectivity index (χ1n) is 6.62. The number of Topliss-reactive ketones (excluding diaryl/α,β-unsaturated/α-hetero) is 1. The van der Waals surface area contributed by atoms with Gasteiger partial charge in [-0.15, -0.1) is 0 Å². The van der Waals surface area contributed by atoms with Crippen molar-refractivity contribution in [2.75, 3.05) is 13.2 Å². The van der Waals surface area contributed by atoms with Crippen molar-refractivity contribution < 1.29 is 34.0 Å². The molecule has 0 saturated carbocycles. The Hall–Kier alpha value is -1.51. The van der Waals surface area contributed by atoms with Crippen LogP contribution in [0.4, 0.5) is 0 Å². The smallest absolute Gasteiger partial charge is 0.223 e. The molecule has 0 radical (unpaired) electrons. The van der Waals surface area contributed by atoms with E-state index in [1.807, 2.05) is 0 Å². The van der Waals surface area contributed by atoms with Crippen molar-refractivity contribution in [3.63, 3.8) is 0 Å². The fourth-order valence-electron chi connectivity index (χ4n) is 2.07.